The third kappa shape index (κ3) is 4.48. The molecule has 2 heterocycles. The van der Waals surface area contributed by atoms with Crippen molar-refractivity contribution >= 4 is 50.8 Å². The van der Waals surface area contributed by atoms with Crippen LogP contribution in [0.5, 0.6) is 11.5 Å². The highest BCUT2D eigenvalue weighted by Gasteiger charge is 2.16. The molecule has 0 bridgehead atoms. The van der Waals surface area contributed by atoms with Crippen molar-refractivity contribution in [2.45, 2.75) is 17.3 Å². The minimum Gasteiger partial charge on any atom is -0.489 e. The predicted molar refractivity (Wildman–Crippen MR) is 109 cm³/mol. The molecule has 4 rings (SSSR count). The Morgan fingerprint density at radius 3 is 3.00 bits per heavy atom. The van der Waals surface area contributed by atoms with Crippen LogP contribution in [0.4, 0.5) is 0 Å². The molecule has 2 aromatic carbocycles. The number of carbonyl (C=O) groups is 1. The first-order valence-electron chi connectivity index (χ1n) is 8.52. The largest absolute Gasteiger partial charge is 0.489 e. The van der Waals surface area contributed by atoms with E-state index in [9.17, 15) is 4.79 Å². The first-order valence-corrected chi connectivity index (χ1v) is 10.7. The molecule has 0 aliphatic carbocycles. The van der Waals surface area contributed by atoms with E-state index in [0.29, 0.717) is 42.0 Å². The number of para-hydroxylation sites is 1. The number of carbonyl (C=O) groups excluding carboxylic acids is 1. The van der Waals surface area contributed by atoms with Gasteiger partial charge in [0.25, 0.3) is 0 Å². The lowest BCUT2D eigenvalue weighted by Crippen LogP contribution is -2.24. The van der Waals surface area contributed by atoms with Crippen LogP contribution in [-0.4, -0.2) is 29.9 Å². The highest BCUT2D eigenvalue weighted by atomic mass is 35.5. The molecule has 27 heavy (non-hydrogen) atoms. The second kappa shape index (κ2) is 8.37. The average Bonchev–Trinajstić information content (AvgIpc) is 2.93. The number of thioether (sulfide) groups is 1. The van der Waals surface area contributed by atoms with E-state index >= 15 is 0 Å². The summed E-state index contributed by atoms with van der Waals surface area (Å²) in [6, 6.07) is 11.6. The number of fused-ring (bicyclic) bond motifs is 2. The summed E-state index contributed by atoms with van der Waals surface area (Å²) in [5, 5.41) is 3.42. The van der Waals surface area contributed by atoms with Crippen molar-refractivity contribution in [2.75, 3.05) is 19.0 Å². The zero-order valence-electron chi connectivity index (χ0n) is 14.4. The molecule has 140 valence electrons. The SMILES string of the molecule is O=C(CSc1nc2ccccc2s1)NCc1cc(Cl)c2c(c1)OCCCO2. The van der Waals surface area contributed by atoms with Gasteiger partial charge in [-0.05, 0) is 29.8 Å². The van der Waals surface area contributed by atoms with Crippen molar-refractivity contribution in [3.63, 3.8) is 0 Å². The Hall–Kier alpha value is -1.96. The molecule has 0 spiro atoms. The first kappa shape index (κ1) is 18.4. The quantitative estimate of drug-likeness (QED) is 0.615. The normalized spacial score (nSPS) is 13.4. The van der Waals surface area contributed by atoms with E-state index in [1.54, 1.807) is 17.4 Å². The summed E-state index contributed by atoms with van der Waals surface area (Å²) in [4.78, 5) is 16.7. The van der Waals surface area contributed by atoms with Gasteiger partial charge in [0.05, 0.1) is 34.2 Å². The Kier molecular flexibility index (Phi) is 5.71. The van der Waals surface area contributed by atoms with E-state index in [1.807, 2.05) is 30.3 Å². The molecule has 8 heteroatoms. The van der Waals surface area contributed by atoms with Crippen LogP contribution in [0.15, 0.2) is 40.7 Å². The summed E-state index contributed by atoms with van der Waals surface area (Å²) in [5.74, 6) is 1.48. The molecule has 1 aliphatic rings. The highest BCUT2D eigenvalue weighted by Crippen LogP contribution is 2.38. The van der Waals surface area contributed by atoms with Crippen molar-refractivity contribution in [1.29, 1.82) is 0 Å². The summed E-state index contributed by atoms with van der Waals surface area (Å²) >= 11 is 9.33. The second-order valence-electron chi connectivity index (χ2n) is 5.97. The third-order valence-electron chi connectivity index (χ3n) is 3.95. The Bertz CT molecular complexity index is 944. The lowest BCUT2D eigenvalue weighted by Gasteiger charge is -2.12. The first-order chi connectivity index (χ1) is 13.2. The summed E-state index contributed by atoms with van der Waals surface area (Å²) in [6.07, 6.45) is 0.820. The maximum absolute atomic E-state index is 12.2. The van der Waals surface area contributed by atoms with Gasteiger partial charge in [0.15, 0.2) is 15.8 Å². The lowest BCUT2D eigenvalue weighted by molar-refractivity contribution is -0.118. The van der Waals surface area contributed by atoms with E-state index in [2.05, 4.69) is 10.3 Å². The summed E-state index contributed by atoms with van der Waals surface area (Å²) in [6.45, 7) is 1.57. The van der Waals surface area contributed by atoms with Crippen LogP contribution >= 0.6 is 34.7 Å². The van der Waals surface area contributed by atoms with E-state index in [1.165, 1.54) is 11.8 Å². The van der Waals surface area contributed by atoms with Gasteiger partial charge in [-0.25, -0.2) is 4.98 Å². The summed E-state index contributed by atoms with van der Waals surface area (Å²) < 4.78 is 13.3. The van der Waals surface area contributed by atoms with Gasteiger partial charge in [-0.1, -0.05) is 35.5 Å². The van der Waals surface area contributed by atoms with Crippen LogP contribution in [0.25, 0.3) is 10.2 Å². The van der Waals surface area contributed by atoms with Crippen molar-refractivity contribution in [2.24, 2.45) is 0 Å². The number of rotatable bonds is 5. The molecule has 0 saturated carbocycles. The monoisotopic (exact) mass is 420 g/mol. The Morgan fingerprint density at radius 2 is 2.11 bits per heavy atom. The van der Waals surface area contributed by atoms with Gasteiger partial charge in [0.1, 0.15) is 0 Å². The van der Waals surface area contributed by atoms with Gasteiger partial charge in [-0.3, -0.25) is 4.79 Å². The predicted octanol–water partition coefficient (Wildman–Crippen LogP) is 4.52. The van der Waals surface area contributed by atoms with E-state index in [0.717, 1.165) is 26.5 Å². The number of aromatic nitrogens is 1. The maximum atomic E-state index is 12.2. The molecule has 0 atom stereocenters. The Labute approximate surface area is 170 Å². The highest BCUT2D eigenvalue weighted by molar-refractivity contribution is 8.01. The molecular weight excluding hydrogens is 404 g/mol. The average molecular weight is 421 g/mol. The number of halogens is 1. The fourth-order valence-electron chi connectivity index (χ4n) is 2.68. The molecule has 1 N–H and O–H groups in total. The van der Waals surface area contributed by atoms with Crippen LogP contribution in [-0.2, 0) is 11.3 Å². The second-order valence-corrected chi connectivity index (χ2v) is 8.63. The molecule has 0 unspecified atom stereocenters. The number of hydrogen-bond donors (Lipinski definition) is 1. The summed E-state index contributed by atoms with van der Waals surface area (Å²) in [7, 11) is 0. The smallest absolute Gasteiger partial charge is 0.230 e. The van der Waals surface area contributed by atoms with Crippen LogP contribution in [0, 0.1) is 0 Å². The molecule has 0 fully saturated rings. The van der Waals surface area contributed by atoms with Gasteiger partial charge in [0, 0.05) is 13.0 Å². The van der Waals surface area contributed by atoms with Crippen molar-refractivity contribution in [1.82, 2.24) is 10.3 Å². The van der Waals surface area contributed by atoms with E-state index in [-0.39, 0.29) is 5.91 Å². The van der Waals surface area contributed by atoms with Gasteiger partial charge in [-0.15, -0.1) is 11.3 Å². The van der Waals surface area contributed by atoms with Crippen LogP contribution in [0.2, 0.25) is 5.02 Å². The standard InChI is InChI=1S/C19H17ClN2O3S2/c20-13-8-12(9-15-18(13)25-7-3-6-24-15)10-21-17(23)11-26-19-22-14-4-1-2-5-16(14)27-19/h1-2,4-5,8-9H,3,6-7,10-11H2,(H,21,23). The molecule has 1 amide bonds. The topological polar surface area (TPSA) is 60.5 Å². The molecule has 0 radical (unpaired) electrons. The van der Waals surface area contributed by atoms with E-state index in [4.69, 9.17) is 21.1 Å². The van der Waals surface area contributed by atoms with Gasteiger partial charge in [-0.2, -0.15) is 0 Å². The number of ether oxygens (including phenoxy) is 2. The molecule has 3 aromatic rings. The summed E-state index contributed by atoms with van der Waals surface area (Å²) in [5.41, 5.74) is 1.84. The molecule has 0 saturated heterocycles. The number of hydrogen-bond acceptors (Lipinski definition) is 6. The number of nitrogens with one attached hydrogen (secondary N) is 1. The minimum absolute atomic E-state index is 0.0533. The van der Waals surface area contributed by atoms with Gasteiger partial charge >= 0.3 is 0 Å². The Balaban J connectivity index is 1.33. The van der Waals surface area contributed by atoms with Crippen LogP contribution in [0.3, 0.4) is 0 Å². The number of benzene rings is 2. The number of nitrogens with zero attached hydrogens (tertiary/aromatic N) is 1. The van der Waals surface area contributed by atoms with Crippen LogP contribution in [0.1, 0.15) is 12.0 Å². The lowest BCUT2D eigenvalue weighted by atomic mass is 10.2. The van der Waals surface area contributed by atoms with Crippen molar-refractivity contribution in [3.8, 4) is 11.5 Å². The molecule has 1 aromatic heterocycles. The number of amides is 1. The fourth-order valence-corrected chi connectivity index (χ4v) is 4.86. The molecular formula is C19H17ClN2O3S2. The zero-order valence-corrected chi connectivity index (χ0v) is 16.8. The van der Waals surface area contributed by atoms with Crippen LogP contribution < -0.4 is 14.8 Å². The fraction of sp³-hybridized carbons (Fsp3) is 0.263. The Morgan fingerprint density at radius 1 is 1.26 bits per heavy atom. The molecule has 1 aliphatic heterocycles. The van der Waals surface area contributed by atoms with Crippen molar-refractivity contribution < 1.29 is 14.3 Å². The number of thiazole rings is 1. The van der Waals surface area contributed by atoms with Crippen molar-refractivity contribution in [3.05, 3.63) is 47.0 Å². The third-order valence-corrected chi connectivity index (χ3v) is 6.41. The van der Waals surface area contributed by atoms with E-state index < -0.39 is 0 Å². The van der Waals surface area contributed by atoms with Gasteiger partial charge < -0.3 is 14.8 Å². The minimum atomic E-state index is -0.0533. The molecule has 5 nitrogen and oxygen atoms in total. The zero-order chi connectivity index (χ0) is 18.6. The maximum Gasteiger partial charge on any atom is 0.230 e. The van der Waals surface area contributed by atoms with Gasteiger partial charge in [0.2, 0.25) is 5.91 Å².